The average molecular weight is 452 g/mol. The second kappa shape index (κ2) is 8.12. The lowest BCUT2D eigenvalue weighted by Gasteiger charge is -2.38. The van der Waals surface area contributed by atoms with Crippen molar-refractivity contribution in [2.24, 2.45) is 5.41 Å². The number of likely N-dealkylation sites (tertiary alicyclic amines) is 1. The van der Waals surface area contributed by atoms with Crippen LogP contribution < -0.4 is 0 Å². The van der Waals surface area contributed by atoms with E-state index in [0.717, 1.165) is 5.56 Å². The van der Waals surface area contributed by atoms with Crippen LogP contribution in [0.3, 0.4) is 0 Å². The average Bonchev–Trinajstić information content (AvgIpc) is 3.53. The molecule has 1 amide bonds. The van der Waals surface area contributed by atoms with Crippen LogP contribution in [0.25, 0.3) is 5.82 Å². The lowest BCUT2D eigenvalue weighted by Crippen LogP contribution is -2.46. The van der Waals surface area contributed by atoms with E-state index in [1.165, 1.54) is 11.0 Å². The van der Waals surface area contributed by atoms with Gasteiger partial charge in [0.1, 0.15) is 19.0 Å². The first-order valence-electron chi connectivity index (χ1n) is 10.8. The summed E-state index contributed by atoms with van der Waals surface area (Å²) >= 11 is 0. The molecule has 33 heavy (non-hydrogen) atoms. The number of hydrogen-bond donors (Lipinski definition) is 1. The maximum absolute atomic E-state index is 13.2. The number of esters is 1. The van der Waals surface area contributed by atoms with Crippen molar-refractivity contribution >= 4 is 11.9 Å². The molecule has 12 nitrogen and oxygen atoms in total. The smallest absolute Gasteiger partial charge is 0.336 e. The Balaban J connectivity index is 1.21. The number of β-amino-alcohol motifs (C(OH)–C–C–N with tert-alkyl or cyclic N) is 1. The molecule has 1 spiro atoms. The van der Waals surface area contributed by atoms with Crippen LogP contribution in [-0.2, 0) is 14.3 Å². The first kappa shape index (κ1) is 21.3. The standard InChI is InChI=1S/C21H24N8O4/c1-13-9-17(29-12-22-25-26-29)23-24-18(13)16(30)10-27-6-3-21(4-7-27)5-8-28(20(21)32)15-11-33-19(31)14(15)2/h5,8-9,12,16,30H,3-4,6-7,10-11H2,1-2H3/t16-/m0/s1. The number of ether oxygens (including phenoxy) is 1. The van der Waals surface area contributed by atoms with Crippen LogP contribution >= 0.6 is 0 Å². The summed E-state index contributed by atoms with van der Waals surface area (Å²) in [6.45, 7) is 5.37. The fourth-order valence-electron chi connectivity index (χ4n) is 4.56. The van der Waals surface area contributed by atoms with E-state index in [4.69, 9.17) is 4.74 Å². The monoisotopic (exact) mass is 452 g/mol. The highest BCUT2D eigenvalue weighted by Gasteiger charge is 2.47. The summed E-state index contributed by atoms with van der Waals surface area (Å²) < 4.78 is 6.46. The predicted molar refractivity (Wildman–Crippen MR) is 112 cm³/mol. The molecule has 2 aromatic rings. The molecule has 3 aliphatic heterocycles. The van der Waals surface area contributed by atoms with Crippen molar-refractivity contribution in [3.63, 3.8) is 0 Å². The normalized spacial score (nSPS) is 21.4. The summed E-state index contributed by atoms with van der Waals surface area (Å²) in [5.41, 5.74) is 1.81. The zero-order chi connectivity index (χ0) is 23.2. The number of rotatable bonds is 5. The number of hydrogen-bond acceptors (Lipinski definition) is 10. The van der Waals surface area contributed by atoms with Gasteiger partial charge in [-0.2, -0.15) is 9.78 Å². The number of carbonyl (C=O) groups is 2. The second-order valence-electron chi connectivity index (χ2n) is 8.64. The number of aliphatic hydroxyl groups is 1. The first-order chi connectivity index (χ1) is 15.9. The molecule has 1 atom stereocenters. The molecule has 0 bridgehead atoms. The van der Waals surface area contributed by atoms with E-state index in [-0.39, 0.29) is 18.5 Å². The van der Waals surface area contributed by atoms with E-state index >= 15 is 0 Å². The zero-order valence-corrected chi connectivity index (χ0v) is 18.4. The van der Waals surface area contributed by atoms with Crippen LogP contribution in [0.2, 0.25) is 0 Å². The molecular formula is C21H24N8O4. The van der Waals surface area contributed by atoms with Gasteiger partial charge in [0.05, 0.1) is 22.4 Å². The van der Waals surface area contributed by atoms with Crippen LogP contribution in [0.1, 0.15) is 37.1 Å². The molecule has 172 valence electrons. The summed E-state index contributed by atoms with van der Waals surface area (Å²) in [4.78, 5) is 28.6. The van der Waals surface area contributed by atoms with E-state index in [0.29, 0.717) is 55.3 Å². The lowest BCUT2D eigenvalue weighted by molar-refractivity contribution is -0.138. The summed E-state index contributed by atoms with van der Waals surface area (Å²) in [7, 11) is 0. The van der Waals surface area contributed by atoms with Crippen molar-refractivity contribution in [2.75, 3.05) is 26.2 Å². The number of tetrazole rings is 1. The van der Waals surface area contributed by atoms with Gasteiger partial charge in [0.15, 0.2) is 5.82 Å². The Bertz CT molecular complexity index is 1150. The van der Waals surface area contributed by atoms with Gasteiger partial charge in [-0.25, -0.2) is 4.79 Å². The van der Waals surface area contributed by atoms with Crippen molar-refractivity contribution in [2.45, 2.75) is 32.8 Å². The van der Waals surface area contributed by atoms with Crippen molar-refractivity contribution in [1.29, 1.82) is 0 Å². The van der Waals surface area contributed by atoms with Gasteiger partial charge in [-0.05, 0) is 61.8 Å². The number of carbonyl (C=O) groups excluding carboxylic acids is 2. The third-order valence-electron chi connectivity index (χ3n) is 6.65. The maximum Gasteiger partial charge on any atom is 0.336 e. The number of piperidine rings is 1. The van der Waals surface area contributed by atoms with Gasteiger partial charge in [0.25, 0.3) is 0 Å². The minimum Gasteiger partial charge on any atom is -0.456 e. The Hall–Kier alpha value is -3.51. The molecule has 0 aliphatic carbocycles. The quantitative estimate of drug-likeness (QED) is 0.620. The molecule has 0 unspecified atom stereocenters. The van der Waals surface area contributed by atoms with Crippen LogP contribution in [0.15, 0.2) is 35.9 Å². The van der Waals surface area contributed by atoms with Crippen molar-refractivity contribution in [1.82, 2.24) is 40.2 Å². The molecule has 0 radical (unpaired) electrons. The van der Waals surface area contributed by atoms with E-state index in [1.807, 2.05) is 13.0 Å². The van der Waals surface area contributed by atoms with Gasteiger partial charge < -0.3 is 14.7 Å². The number of amides is 1. The van der Waals surface area contributed by atoms with Gasteiger partial charge in [-0.15, -0.1) is 10.2 Å². The summed E-state index contributed by atoms with van der Waals surface area (Å²) in [6, 6.07) is 1.78. The van der Waals surface area contributed by atoms with E-state index < -0.39 is 11.5 Å². The summed E-state index contributed by atoms with van der Waals surface area (Å²) in [5, 5.41) is 30.1. The SMILES string of the molecule is CC1=C(N2C=CC3(CCN(C[C@H](O)c4nnc(-n5cnnn5)cc4C)CC3)C2=O)COC1=O. The molecule has 1 N–H and O–H groups in total. The minimum absolute atomic E-state index is 0.0183. The third-order valence-corrected chi connectivity index (χ3v) is 6.65. The number of aryl methyl sites for hydroxylation is 1. The predicted octanol–water partition coefficient (Wildman–Crippen LogP) is 0.0630. The molecule has 0 saturated carbocycles. The second-order valence-corrected chi connectivity index (χ2v) is 8.64. The van der Waals surface area contributed by atoms with Crippen LogP contribution in [-0.4, -0.2) is 83.4 Å². The molecule has 2 aromatic heterocycles. The van der Waals surface area contributed by atoms with E-state index in [1.54, 1.807) is 24.1 Å². The molecule has 5 rings (SSSR count). The van der Waals surface area contributed by atoms with Gasteiger partial charge in [0, 0.05) is 12.7 Å². The fourth-order valence-corrected chi connectivity index (χ4v) is 4.56. The lowest BCUT2D eigenvalue weighted by atomic mass is 9.78. The largest absolute Gasteiger partial charge is 0.456 e. The zero-order valence-electron chi connectivity index (χ0n) is 18.4. The number of cyclic esters (lactones) is 1. The van der Waals surface area contributed by atoms with Crippen molar-refractivity contribution in [3.05, 3.63) is 47.2 Å². The third kappa shape index (κ3) is 3.70. The van der Waals surface area contributed by atoms with Crippen LogP contribution in [0.5, 0.6) is 0 Å². The van der Waals surface area contributed by atoms with Crippen LogP contribution in [0, 0.1) is 12.3 Å². The highest BCUT2D eigenvalue weighted by atomic mass is 16.5. The Labute approximate surface area is 189 Å². The summed E-state index contributed by atoms with van der Waals surface area (Å²) in [6.07, 6.45) is 5.59. The Kier molecular flexibility index (Phi) is 5.25. The minimum atomic E-state index is -0.810. The summed E-state index contributed by atoms with van der Waals surface area (Å²) in [5.74, 6) is 0.0831. The molecule has 5 heterocycles. The van der Waals surface area contributed by atoms with Crippen LogP contribution in [0.4, 0.5) is 0 Å². The first-order valence-corrected chi connectivity index (χ1v) is 10.8. The van der Waals surface area contributed by atoms with Gasteiger partial charge >= 0.3 is 5.97 Å². The Morgan fingerprint density at radius 3 is 2.64 bits per heavy atom. The molecular weight excluding hydrogens is 428 g/mol. The fraction of sp³-hybridized carbons (Fsp3) is 0.476. The molecule has 1 saturated heterocycles. The number of aromatic nitrogens is 6. The van der Waals surface area contributed by atoms with Gasteiger partial charge in [-0.1, -0.05) is 6.08 Å². The number of nitrogens with zero attached hydrogens (tertiary/aromatic N) is 8. The molecule has 0 aromatic carbocycles. The Morgan fingerprint density at radius 2 is 2.00 bits per heavy atom. The topological polar surface area (TPSA) is 139 Å². The highest BCUT2D eigenvalue weighted by Crippen LogP contribution is 2.41. The van der Waals surface area contributed by atoms with Gasteiger partial charge in [-0.3, -0.25) is 9.69 Å². The van der Waals surface area contributed by atoms with E-state index in [2.05, 4.69) is 30.6 Å². The van der Waals surface area contributed by atoms with E-state index in [9.17, 15) is 14.7 Å². The molecule has 1 fully saturated rings. The molecule has 12 heteroatoms. The molecule has 3 aliphatic rings. The maximum atomic E-state index is 13.2. The van der Waals surface area contributed by atoms with Gasteiger partial charge in [0.2, 0.25) is 5.91 Å². The number of aliphatic hydroxyl groups excluding tert-OH is 1. The Morgan fingerprint density at radius 1 is 1.21 bits per heavy atom. The van der Waals surface area contributed by atoms with Crippen molar-refractivity contribution < 1.29 is 19.4 Å². The van der Waals surface area contributed by atoms with Crippen molar-refractivity contribution in [3.8, 4) is 5.82 Å². The highest BCUT2D eigenvalue weighted by molar-refractivity contribution is 5.95.